The van der Waals surface area contributed by atoms with Crippen LogP contribution in [-0.2, 0) is 0 Å². The molecule has 59 heavy (non-hydrogen) atoms. The summed E-state index contributed by atoms with van der Waals surface area (Å²) in [5, 5.41) is 5.18. The van der Waals surface area contributed by atoms with Crippen LogP contribution in [0.4, 0.5) is 11.4 Å². The Hall–Kier alpha value is -6.44. The summed E-state index contributed by atoms with van der Waals surface area (Å²) in [6.45, 7) is 9.92. The number of rotatable bonds is 7. The monoisotopic (exact) mass is 765 g/mol. The molecule has 292 valence electrons. The third-order valence-corrected chi connectivity index (χ3v) is 12.3. The summed E-state index contributed by atoms with van der Waals surface area (Å²) < 4.78 is 0. The van der Waals surface area contributed by atoms with Crippen LogP contribution in [0.2, 0.25) is 0 Å². The number of anilines is 2. The van der Waals surface area contributed by atoms with Crippen molar-refractivity contribution in [1.29, 1.82) is 0 Å². The van der Waals surface area contributed by atoms with Gasteiger partial charge in [-0.2, -0.15) is 0 Å². The molecule has 0 N–H and O–H groups in total. The molecular weight excluding hydrogens is 711 g/mol. The minimum absolute atomic E-state index is 0.221. The van der Waals surface area contributed by atoms with Crippen LogP contribution in [-0.4, -0.2) is 7.05 Å². The molecule has 3 aliphatic rings. The minimum Gasteiger partial charge on any atom is -0.344 e. The molecule has 0 saturated heterocycles. The number of fused-ring (bicyclic) bond motifs is 2. The predicted molar refractivity (Wildman–Crippen MR) is 254 cm³/mol. The highest BCUT2D eigenvalue weighted by molar-refractivity contribution is 5.86. The highest BCUT2D eigenvalue weighted by Gasteiger charge is 2.31. The molecule has 1 nitrogen and oxygen atoms in total. The van der Waals surface area contributed by atoms with E-state index in [-0.39, 0.29) is 5.41 Å². The van der Waals surface area contributed by atoms with E-state index in [1.165, 1.54) is 88.7 Å². The lowest BCUT2D eigenvalue weighted by atomic mass is 9.68. The lowest BCUT2D eigenvalue weighted by Crippen LogP contribution is -2.29. The fraction of sp³-hybridized carbons (Fsp3) is 0.172. The van der Waals surface area contributed by atoms with Crippen molar-refractivity contribution in [2.45, 2.75) is 52.9 Å². The smallest absolute Gasteiger partial charge is 0.0488 e. The van der Waals surface area contributed by atoms with Crippen molar-refractivity contribution in [1.82, 2.24) is 0 Å². The summed E-state index contributed by atoms with van der Waals surface area (Å²) in [7, 11) is 2.19. The van der Waals surface area contributed by atoms with E-state index < -0.39 is 0 Å². The Labute approximate surface area is 351 Å². The Morgan fingerprint density at radius 1 is 0.746 bits per heavy atom. The van der Waals surface area contributed by atoms with E-state index in [0.29, 0.717) is 0 Å². The normalized spacial score (nSPS) is 17.6. The van der Waals surface area contributed by atoms with Crippen molar-refractivity contribution in [3.05, 3.63) is 237 Å². The molecule has 6 aromatic rings. The fourth-order valence-corrected chi connectivity index (χ4v) is 9.03. The van der Waals surface area contributed by atoms with E-state index in [1.807, 2.05) is 6.92 Å². The molecule has 1 atom stereocenters. The van der Waals surface area contributed by atoms with Gasteiger partial charge in [0.2, 0.25) is 0 Å². The van der Waals surface area contributed by atoms with Crippen LogP contribution in [0.5, 0.6) is 0 Å². The van der Waals surface area contributed by atoms with Crippen molar-refractivity contribution in [2.24, 2.45) is 5.41 Å². The average molecular weight is 766 g/mol. The van der Waals surface area contributed by atoms with Gasteiger partial charge in [-0.05, 0) is 153 Å². The van der Waals surface area contributed by atoms with E-state index in [9.17, 15) is 0 Å². The lowest BCUT2D eigenvalue weighted by molar-refractivity contribution is 0.368. The van der Waals surface area contributed by atoms with Crippen LogP contribution in [0.25, 0.3) is 34.4 Å². The molecule has 0 amide bonds. The van der Waals surface area contributed by atoms with Crippen molar-refractivity contribution < 1.29 is 0 Å². The molecule has 1 heteroatoms. The number of nitrogens with zero attached hydrogens (tertiary/aromatic N) is 1. The molecule has 0 spiro atoms. The third-order valence-electron chi connectivity index (χ3n) is 12.3. The van der Waals surface area contributed by atoms with Crippen LogP contribution >= 0.6 is 0 Å². The molecule has 3 aliphatic carbocycles. The Morgan fingerprint density at radius 3 is 2.29 bits per heavy atom. The van der Waals surface area contributed by atoms with Gasteiger partial charge in [0, 0.05) is 24.0 Å². The van der Waals surface area contributed by atoms with Crippen LogP contribution in [0.1, 0.15) is 68.2 Å². The highest BCUT2D eigenvalue weighted by atomic mass is 15.1. The standard InChI is InChI=1S/C55H49N.C3H6/c1-39-16-7-10-23-48(39)54(45-33-35-55(2)34-14-13-22-46(55)37-45)51-25-12-9-20-43(51)36-40-27-30-47(31-28-40)56(3)53-32-29-44(38-52(53)42-17-5-4-6-18-42)50-26-15-21-41-19-8-11-24-49(41)50;1-3-2/h4-13,16-25,27-33,36-38H,14-15,26,34-35H2,1-3H3;3H,1H2,2H3/b43-36+,54-51-;. The van der Waals surface area contributed by atoms with Crippen molar-refractivity contribution >= 4 is 34.7 Å². The van der Waals surface area contributed by atoms with Gasteiger partial charge in [-0.3, -0.25) is 0 Å². The molecular formula is C58H55N. The molecule has 0 saturated carbocycles. The van der Waals surface area contributed by atoms with Gasteiger partial charge in [0.15, 0.2) is 0 Å². The molecule has 0 heterocycles. The molecule has 0 bridgehead atoms. The summed E-state index contributed by atoms with van der Waals surface area (Å²) in [5.74, 6) is 0. The number of hydrogen-bond acceptors (Lipinski definition) is 1. The summed E-state index contributed by atoms with van der Waals surface area (Å²) >= 11 is 0. The van der Waals surface area contributed by atoms with Gasteiger partial charge in [0.25, 0.3) is 0 Å². The van der Waals surface area contributed by atoms with E-state index in [1.54, 1.807) is 6.08 Å². The first-order valence-electron chi connectivity index (χ1n) is 21.2. The zero-order chi connectivity index (χ0) is 40.8. The Balaban J connectivity index is 0.00000157. The fourth-order valence-electron chi connectivity index (χ4n) is 9.03. The zero-order valence-corrected chi connectivity index (χ0v) is 35.1. The van der Waals surface area contributed by atoms with Crippen LogP contribution in [0.15, 0.2) is 194 Å². The SMILES string of the molecule is C=CC.Cc1ccccc1/C(C1=CCC2(C)CCC=CC2=C1)=c1/cccc/c1=C\c1ccc(N(C)c2ccc(C3=c4ccccc4=CCC3)cc2-c2ccccc2)cc1. The molecule has 9 rings (SSSR count). The maximum Gasteiger partial charge on any atom is 0.0488 e. The molecule has 0 radical (unpaired) electrons. The van der Waals surface area contributed by atoms with E-state index >= 15 is 0 Å². The van der Waals surface area contributed by atoms with Crippen LogP contribution in [0.3, 0.4) is 0 Å². The van der Waals surface area contributed by atoms with Gasteiger partial charge in [-0.15, -0.1) is 6.58 Å². The molecule has 6 aromatic carbocycles. The molecule has 1 unspecified atom stereocenters. The van der Waals surface area contributed by atoms with E-state index in [2.05, 4.69) is 214 Å². The van der Waals surface area contributed by atoms with Gasteiger partial charge in [-0.25, -0.2) is 0 Å². The molecule has 0 aromatic heterocycles. The topological polar surface area (TPSA) is 3.24 Å². The molecule has 0 aliphatic heterocycles. The first-order valence-corrected chi connectivity index (χ1v) is 21.2. The quantitative estimate of drug-likeness (QED) is 0.146. The second kappa shape index (κ2) is 17.6. The van der Waals surface area contributed by atoms with Crippen LogP contribution in [0, 0.1) is 12.3 Å². The van der Waals surface area contributed by atoms with E-state index in [0.717, 1.165) is 31.4 Å². The maximum absolute atomic E-state index is 3.36. The van der Waals surface area contributed by atoms with Crippen molar-refractivity contribution in [2.75, 3.05) is 11.9 Å². The summed E-state index contributed by atoms with van der Waals surface area (Å²) in [5.41, 5.74) is 15.6. The Bertz CT molecular complexity index is 2850. The predicted octanol–water partition coefficient (Wildman–Crippen LogP) is 12.0. The van der Waals surface area contributed by atoms with E-state index in [4.69, 9.17) is 0 Å². The largest absolute Gasteiger partial charge is 0.344 e. The zero-order valence-electron chi connectivity index (χ0n) is 35.1. The summed E-state index contributed by atoms with van der Waals surface area (Å²) in [6, 6.07) is 53.5. The van der Waals surface area contributed by atoms with Gasteiger partial charge >= 0.3 is 0 Å². The maximum atomic E-state index is 3.36. The summed E-state index contributed by atoms with van der Waals surface area (Å²) in [4.78, 5) is 2.33. The van der Waals surface area contributed by atoms with Crippen molar-refractivity contribution in [3.8, 4) is 11.1 Å². The second-order valence-electron chi connectivity index (χ2n) is 16.4. The minimum atomic E-state index is 0.221. The highest BCUT2D eigenvalue weighted by Crippen LogP contribution is 2.45. The Kier molecular flexibility index (Phi) is 11.7. The number of hydrogen-bond donors (Lipinski definition) is 0. The lowest BCUT2D eigenvalue weighted by Gasteiger charge is -2.36. The third kappa shape index (κ3) is 8.30. The summed E-state index contributed by atoms with van der Waals surface area (Å²) in [6.07, 6.45) is 21.7. The Morgan fingerprint density at radius 2 is 1.47 bits per heavy atom. The van der Waals surface area contributed by atoms with Gasteiger partial charge in [0.05, 0.1) is 0 Å². The number of aryl methyl sites for hydroxylation is 1. The number of benzene rings is 6. The molecule has 0 fully saturated rings. The first kappa shape index (κ1) is 39.4. The number of allylic oxidation sites excluding steroid dienone is 7. The van der Waals surface area contributed by atoms with Gasteiger partial charge in [0.1, 0.15) is 0 Å². The average Bonchev–Trinajstić information content (AvgIpc) is 3.28. The van der Waals surface area contributed by atoms with Crippen LogP contribution < -0.4 is 25.8 Å². The van der Waals surface area contributed by atoms with Crippen molar-refractivity contribution in [3.63, 3.8) is 0 Å². The van der Waals surface area contributed by atoms with Gasteiger partial charge in [-0.1, -0.05) is 165 Å². The second-order valence-corrected chi connectivity index (χ2v) is 16.4. The first-order chi connectivity index (χ1) is 28.9. The van der Waals surface area contributed by atoms with Gasteiger partial charge < -0.3 is 4.90 Å².